The summed E-state index contributed by atoms with van der Waals surface area (Å²) in [6.07, 6.45) is 4.93. The average Bonchev–Trinajstić information content (AvgIpc) is 2.54. The lowest BCUT2D eigenvalue weighted by atomic mass is 9.99. The van der Waals surface area contributed by atoms with Crippen LogP contribution in [0.25, 0.3) is 0 Å². The van der Waals surface area contributed by atoms with Crippen LogP contribution in [-0.4, -0.2) is 37.7 Å². The fourth-order valence-electron chi connectivity index (χ4n) is 3.21. The quantitative estimate of drug-likeness (QED) is 0.830. The second-order valence-corrected chi connectivity index (χ2v) is 6.02. The van der Waals surface area contributed by atoms with E-state index in [2.05, 4.69) is 48.3 Å². The molecule has 118 valence electrons. The zero-order valence-electron chi connectivity index (χ0n) is 13.8. The zero-order chi connectivity index (χ0) is 15.1. The van der Waals surface area contributed by atoms with Crippen molar-refractivity contribution in [1.29, 1.82) is 0 Å². The SMILES string of the molecule is CCCN1CCC(NC(CC)c2ccc(OC)cc2)CC1. The number of piperidine rings is 1. The Balaban J connectivity index is 1.87. The van der Waals surface area contributed by atoms with Crippen molar-refractivity contribution in [1.82, 2.24) is 10.2 Å². The van der Waals surface area contributed by atoms with Crippen LogP contribution in [0, 0.1) is 0 Å². The minimum Gasteiger partial charge on any atom is -0.497 e. The zero-order valence-corrected chi connectivity index (χ0v) is 13.8. The van der Waals surface area contributed by atoms with Gasteiger partial charge in [-0.05, 0) is 63.0 Å². The third-order valence-electron chi connectivity index (χ3n) is 4.49. The van der Waals surface area contributed by atoms with Crippen molar-refractivity contribution < 1.29 is 4.74 Å². The summed E-state index contributed by atoms with van der Waals surface area (Å²) in [6, 6.07) is 9.61. The number of benzene rings is 1. The smallest absolute Gasteiger partial charge is 0.118 e. The van der Waals surface area contributed by atoms with Gasteiger partial charge in [0.25, 0.3) is 0 Å². The van der Waals surface area contributed by atoms with Gasteiger partial charge in [-0.2, -0.15) is 0 Å². The third kappa shape index (κ3) is 4.72. The summed E-state index contributed by atoms with van der Waals surface area (Å²) in [5, 5.41) is 3.85. The number of hydrogen-bond donors (Lipinski definition) is 1. The fraction of sp³-hybridized carbons (Fsp3) is 0.667. The summed E-state index contributed by atoms with van der Waals surface area (Å²) >= 11 is 0. The van der Waals surface area contributed by atoms with Gasteiger partial charge in [-0.15, -0.1) is 0 Å². The molecule has 1 aromatic rings. The maximum atomic E-state index is 5.24. The first-order valence-electron chi connectivity index (χ1n) is 8.39. The largest absolute Gasteiger partial charge is 0.497 e. The van der Waals surface area contributed by atoms with E-state index in [0.717, 1.165) is 12.2 Å². The van der Waals surface area contributed by atoms with Crippen LogP contribution < -0.4 is 10.1 Å². The molecule has 3 nitrogen and oxygen atoms in total. The van der Waals surface area contributed by atoms with E-state index in [1.165, 1.54) is 44.5 Å². The molecule has 1 aliphatic heterocycles. The van der Waals surface area contributed by atoms with Crippen molar-refractivity contribution in [3.05, 3.63) is 29.8 Å². The van der Waals surface area contributed by atoms with E-state index >= 15 is 0 Å². The molecule has 1 N–H and O–H groups in total. The van der Waals surface area contributed by atoms with E-state index in [4.69, 9.17) is 4.74 Å². The van der Waals surface area contributed by atoms with Crippen LogP contribution in [0.15, 0.2) is 24.3 Å². The van der Waals surface area contributed by atoms with Crippen LogP contribution >= 0.6 is 0 Å². The van der Waals surface area contributed by atoms with Crippen molar-refractivity contribution in [3.8, 4) is 5.75 Å². The molecule has 0 amide bonds. The highest BCUT2D eigenvalue weighted by molar-refractivity contribution is 5.29. The predicted octanol–water partition coefficient (Wildman–Crippen LogP) is 3.61. The minimum absolute atomic E-state index is 0.457. The highest BCUT2D eigenvalue weighted by atomic mass is 16.5. The number of ether oxygens (including phenoxy) is 1. The van der Waals surface area contributed by atoms with Crippen molar-refractivity contribution in [3.63, 3.8) is 0 Å². The molecule has 1 unspecified atom stereocenters. The lowest BCUT2D eigenvalue weighted by molar-refractivity contribution is 0.190. The van der Waals surface area contributed by atoms with Gasteiger partial charge in [0.05, 0.1) is 7.11 Å². The van der Waals surface area contributed by atoms with Crippen molar-refractivity contribution >= 4 is 0 Å². The Labute approximate surface area is 129 Å². The van der Waals surface area contributed by atoms with E-state index in [1.54, 1.807) is 7.11 Å². The summed E-state index contributed by atoms with van der Waals surface area (Å²) < 4.78 is 5.24. The van der Waals surface area contributed by atoms with Gasteiger partial charge in [0.15, 0.2) is 0 Å². The van der Waals surface area contributed by atoms with E-state index in [0.29, 0.717) is 12.1 Å². The van der Waals surface area contributed by atoms with Gasteiger partial charge in [-0.1, -0.05) is 26.0 Å². The number of likely N-dealkylation sites (tertiary alicyclic amines) is 1. The van der Waals surface area contributed by atoms with Crippen LogP contribution in [0.3, 0.4) is 0 Å². The highest BCUT2D eigenvalue weighted by Gasteiger charge is 2.21. The number of hydrogen-bond acceptors (Lipinski definition) is 3. The van der Waals surface area contributed by atoms with E-state index < -0.39 is 0 Å². The van der Waals surface area contributed by atoms with Gasteiger partial charge >= 0.3 is 0 Å². The van der Waals surface area contributed by atoms with Gasteiger partial charge in [-0.3, -0.25) is 0 Å². The molecule has 0 saturated carbocycles. The number of nitrogens with one attached hydrogen (secondary N) is 1. The van der Waals surface area contributed by atoms with Gasteiger partial charge in [-0.25, -0.2) is 0 Å². The maximum Gasteiger partial charge on any atom is 0.118 e. The van der Waals surface area contributed by atoms with E-state index in [1.807, 2.05) is 0 Å². The first kappa shape index (κ1) is 16.3. The Bertz CT molecular complexity index is 396. The standard InChI is InChI=1S/C18H30N2O/c1-4-12-20-13-10-16(11-14-20)19-18(5-2)15-6-8-17(21-3)9-7-15/h6-9,16,18-19H,4-5,10-14H2,1-3H3. The van der Waals surface area contributed by atoms with Gasteiger partial charge < -0.3 is 15.0 Å². The second-order valence-electron chi connectivity index (χ2n) is 6.02. The van der Waals surface area contributed by atoms with Crippen LogP contribution in [0.1, 0.15) is 51.1 Å². The third-order valence-corrected chi connectivity index (χ3v) is 4.49. The monoisotopic (exact) mass is 290 g/mol. The molecule has 3 heteroatoms. The molecule has 0 radical (unpaired) electrons. The lowest BCUT2D eigenvalue weighted by Crippen LogP contribution is -2.43. The second kappa shape index (κ2) is 8.40. The Hall–Kier alpha value is -1.06. The fourth-order valence-corrected chi connectivity index (χ4v) is 3.21. The lowest BCUT2D eigenvalue weighted by Gasteiger charge is -2.34. The molecule has 1 aromatic carbocycles. The van der Waals surface area contributed by atoms with Gasteiger partial charge in [0.2, 0.25) is 0 Å². The molecule has 0 bridgehead atoms. The first-order chi connectivity index (χ1) is 10.3. The predicted molar refractivity (Wildman–Crippen MR) is 88.9 cm³/mol. The van der Waals surface area contributed by atoms with Crippen LogP contribution in [0.4, 0.5) is 0 Å². The number of nitrogens with zero attached hydrogens (tertiary/aromatic N) is 1. The summed E-state index contributed by atoms with van der Waals surface area (Å²) in [4.78, 5) is 2.59. The van der Waals surface area contributed by atoms with E-state index in [9.17, 15) is 0 Å². The number of methoxy groups -OCH3 is 1. The summed E-state index contributed by atoms with van der Waals surface area (Å²) in [5.74, 6) is 0.932. The average molecular weight is 290 g/mol. The normalized spacial score (nSPS) is 18.6. The molecule has 21 heavy (non-hydrogen) atoms. The molecule has 1 saturated heterocycles. The molecule has 1 atom stereocenters. The molecule has 2 rings (SSSR count). The first-order valence-corrected chi connectivity index (χ1v) is 8.39. The molecule has 0 aliphatic carbocycles. The van der Waals surface area contributed by atoms with Crippen LogP contribution in [0.2, 0.25) is 0 Å². The molecule has 0 aromatic heterocycles. The topological polar surface area (TPSA) is 24.5 Å². The van der Waals surface area contributed by atoms with Crippen molar-refractivity contribution in [2.24, 2.45) is 0 Å². The molecule has 0 spiro atoms. The van der Waals surface area contributed by atoms with Crippen LogP contribution in [0.5, 0.6) is 5.75 Å². The van der Waals surface area contributed by atoms with Crippen molar-refractivity contribution in [2.75, 3.05) is 26.7 Å². The van der Waals surface area contributed by atoms with Gasteiger partial charge in [0.1, 0.15) is 5.75 Å². The maximum absolute atomic E-state index is 5.24. The molecule has 1 fully saturated rings. The molecular weight excluding hydrogens is 260 g/mol. The number of rotatable bonds is 7. The summed E-state index contributed by atoms with van der Waals surface area (Å²) in [7, 11) is 1.72. The Morgan fingerprint density at radius 2 is 1.86 bits per heavy atom. The summed E-state index contributed by atoms with van der Waals surface area (Å²) in [6.45, 7) is 8.26. The molecular formula is C18H30N2O. The molecule has 1 aliphatic rings. The highest BCUT2D eigenvalue weighted by Crippen LogP contribution is 2.22. The summed E-state index contributed by atoms with van der Waals surface area (Å²) in [5.41, 5.74) is 1.37. The Morgan fingerprint density at radius 3 is 2.38 bits per heavy atom. The van der Waals surface area contributed by atoms with E-state index in [-0.39, 0.29) is 0 Å². The van der Waals surface area contributed by atoms with Gasteiger partial charge in [0, 0.05) is 12.1 Å². The minimum atomic E-state index is 0.457. The molecule has 1 heterocycles. The Morgan fingerprint density at radius 1 is 1.19 bits per heavy atom. The van der Waals surface area contributed by atoms with Crippen LogP contribution in [-0.2, 0) is 0 Å². The Kier molecular flexibility index (Phi) is 6.52. The van der Waals surface area contributed by atoms with Crippen molar-refractivity contribution in [2.45, 2.75) is 51.6 Å².